The predicted octanol–water partition coefficient (Wildman–Crippen LogP) is 1.78. The topological polar surface area (TPSA) is 109 Å². The van der Waals surface area contributed by atoms with E-state index in [1.165, 1.54) is 21.9 Å². The van der Waals surface area contributed by atoms with Gasteiger partial charge in [-0.25, -0.2) is 9.31 Å². The van der Waals surface area contributed by atoms with Gasteiger partial charge in [-0.2, -0.15) is 4.98 Å². The maximum absolute atomic E-state index is 12.0. The normalized spacial score (nSPS) is 10.6. The molecule has 0 bridgehead atoms. The number of carboxylic acid groups (broad SMARTS) is 1. The minimum atomic E-state index is -1.13. The number of carboxylic acids is 1. The summed E-state index contributed by atoms with van der Waals surface area (Å²) in [6, 6.07) is 6.45. The van der Waals surface area contributed by atoms with Crippen LogP contribution in [-0.2, 0) is 0 Å². The summed E-state index contributed by atoms with van der Waals surface area (Å²) in [7, 11) is 1.69. The van der Waals surface area contributed by atoms with Crippen molar-refractivity contribution in [3.8, 4) is 0 Å². The smallest absolute Gasteiger partial charge is 0.354 e. The van der Waals surface area contributed by atoms with Crippen LogP contribution in [-0.4, -0.2) is 38.6 Å². The molecule has 1 amide bonds. The molecule has 9 heteroatoms. The molecule has 0 aromatic carbocycles. The Morgan fingerprint density at radius 2 is 2.14 bits per heavy atom. The Morgan fingerprint density at radius 1 is 1.32 bits per heavy atom. The molecule has 0 aliphatic heterocycles. The van der Waals surface area contributed by atoms with E-state index in [4.69, 9.17) is 0 Å². The van der Waals surface area contributed by atoms with Crippen LogP contribution >= 0.6 is 11.3 Å². The molecule has 0 aliphatic rings. The van der Waals surface area contributed by atoms with Crippen LogP contribution in [0.3, 0.4) is 0 Å². The average molecular weight is 317 g/mol. The molecule has 8 nitrogen and oxygen atoms in total. The van der Waals surface area contributed by atoms with E-state index in [1.54, 1.807) is 30.6 Å². The van der Waals surface area contributed by atoms with Crippen LogP contribution in [0.25, 0.3) is 5.65 Å². The number of rotatable bonds is 4. The van der Waals surface area contributed by atoms with Gasteiger partial charge in [-0.3, -0.25) is 10.1 Å². The Balaban J connectivity index is 2.03. The largest absolute Gasteiger partial charge is 0.477 e. The van der Waals surface area contributed by atoms with Gasteiger partial charge in [0, 0.05) is 7.05 Å². The number of pyridine rings is 1. The number of amides is 1. The second kappa shape index (κ2) is 5.45. The van der Waals surface area contributed by atoms with Crippen molar-refractivity contribution < 1.29 is 14.7 Å². The zero-order chi connectivity index (χ0) is 15.7. The first-order valence-electron chi connectivity index (χ1n) is 6.26. The molecular weight excluding hydrogens is 306 g/mol. The first kappa shape index (κ1) is 14.0. The van der Waals surface area contributed by atoms with Gasteiger partial charge in [0.15, 0.2) is 11.3 Å². The highest BCUT2D eigenvalue weighted by atomic mass is 32.1. The van der Waals surface area contributed by atoms with Crippen molar-refractivity contribution in [2.45, 2.75) is 0 Å². The third-order valence-electron chi connectivity index (χ3n) is 2.94. The average Bonchev–Trinajstić information content (AvgIpc) is 3.14. The molecule has 3 heterocycles. The molecule has 3 aromatic rings. The summed E-state index contributed by atoms with van der Waals surface area (Å²) in [5, 5.41) is 20.5. The molecule has 3 rings (SSSR count). The Morgan fingerprint density at radius 3 is 2.77 bits per heavy atom. The first-order chi connectivity index (χ1) is 10.6. The van der Waals surface area contributed by atoms with Gasteiger partial charge >= 0.3 is 5.97 Å². The van der Waals surface area contributed by atoms with E-state index in [0.29, 0.717) is 16.2 Å². The summed E-state index contributed by atoms with van der Waals surface area (Å²) in [6.07, 6.45) is 0. The third-order valence-corrected chi connectivity index (χ3v) is 3.81. The van der Waals surface area contributed by atoms with E-state index in [9.17, 15) is 14.7 Å². The number of carbonyl (C=O) groups excluding carboxylic acids is 1. The van der Waals surface area contributed by atoms with E-state index in [0.717, 1.165) is 0 Å². The van der Waals surface area contributed by atoms with Crippen molar-refractivity contribution in [2.24, 2.45) is 0 Å². The SMILES string of the molecule is CNc1ccc(C(=O)O)n2nc(NC(=O)c3cccs3)nc12. The summed E-state index contributed by atoms with van der Waals surface area (Å²) >= 11 is 1.29. The van der Waals surface area contributed by atoms with Crippen LogP contribution in [0.15, 0.2) is 29.6 Å². The molecule has 0 saturated heterocycles. The summed E-state index contributed by atoms with van der Waals surface area (Å²) < 4.78 is 1.18. The Hall–Kier alpha value is -2.94. The second-order valence-corrected chi connectivity index (χ2v) is 5.24. The van der Waals surface area contributed by atoms with Crippen molar-refractivity contribution in [3.05, 3.63) is 40.2 Å². The van der Waals surface area contributed by atoms with Gasteiger partial charge in [0.1, 0.15) is 0 Å². The van der Waals surface area contributed by atoms with Crippen LogP contribution in [0.5, 0.6) is 0 Å². The quantitative estimate of drug-likeness (QED) is 0.677. The molecule has 3 N–H and O–H groups in total. The number of carbonyl (C=O) groups is 2. The third kappa shape index (κ3) is 2.37. The van der Waals surface area contributed by atoms with Crippen molar-refractivity contribution in [3.63, 3.8) is 0 Å². The maximum atomic E-state index is 12.0. The summed E-state index contributed by atoms with van der Waals surface area (Å²) in [5.74, 6) is -1.42. The molecular formula is C13H11N5O3S. The van der Waals surface area contributed by atoms with Gasteiger partial charge in [-0.1, -0.05) is 6.07 Å². The van der Waals surface area contributed by atoms with Crippen molar-refractivity contribution in [2.75, 3.05) is 17.7 Å². The van der Waals surface area contributed by atoms with Crippen molar-refractivity contribution in [1.82, 2.24) is 14.6 Å². The molecule has 3 aromatic heterocycles. The molecule has 0 atom stereocenters. The number of nitrogens with zero attached hydrogens (tertiary/aromatic N) is 3. The minimum absolute atomic E-state index is 0.0434. The Kier molecular flexibility index (Phi) is 3.47. The van der Waals surface area contributed by atoms with Crippen LogP contribution in [0.1, 0.15) is 20.2 Å². The molecule has 0 spiro atoms. The summed E-state index contributed by atoms with van der Waals surface area (Å²) in [5.41, 5.74) is 0.885. The fourth-order valence-electron chi connectivity index (χ4n) is 1.94. The van der Waals surface area contributed by atoms with Crippen LogP contribution in [0.4, 0.5) is 11.6 Å². The Labute approximate surface area is 128 Å². The number of nitrogens with one attached hydrogen (secondary N) is 2. The van der Waals surface area contributed by atoms with Gasteiger partial charge < -0.3 is 10.4 Å². The fourth-order valence-corrected chi connectivity index (χ4v) is 2.56. The second-order valence-electron chi connectivity index (χ2n) is 4.29. The number of aromatic carboxylic acids is 1. The van der Waals surface area contributed by atoms with Gasteiger partial charge in [-0.05, 0) is 23.6 Å². The predicted molar refractivity (Wildman–Crippen MR) is 81.8 cm³/mol. The van der Waals surface area contributed by atoms with Crippen LogP contribution < -0.4 is 10.6 Å². The summed E-state index contributed by atoms with van der Waals surface area (Å²) in [4.78, 5) is 27.9. The van der Waals surface area contributed by atoms with E-state index in [-0.39, 0.29) is 17.5 Å². The maximum Gasteiger partial charge on any atom is 0.354 e. The fraction of sp³-hybridized carbons (Fsp3) is 0.0769. The number of hydrogen-bond donors (Lipinski definition) is 3. The van der Waals surface area contributed by atoms with E-state index in [1.807, 2.05) is 0 Å². The number of thiophene rings is 1. The lowest BCUT2D eigenvalue weighted by Crippen LogP contribution is -2.12. The number of aromatic nitrogens is 3. The first-order valence-corrected chi connectivity index (χ1v) is 7.14. The van der Waals surface area contributed by atoms with E-state index < -0.39 is 5.97 Å². The highest BCUT2D eigenvalue weighted by Gasteiger charge is 2.17. The number of hydrogen-bond acceptors (Lipinski definition) is 6. The van der Waals surface area contributed by atoms with Crippen molar-refractivity contribution >= 4 is 40.5 Å². The Bertz CT molecular complexity index is 856. The zero-order valence-corrected chi connectivity index (χ0v) is 12.2. The molecule has 22 heavy (non-hydrogen) atoms. The molecule has 0 aliphatic carbocycles. The van der Waals surface area contributed by atoms with Gasteiger partial charge in [-0.15, -0.1) is 16.4 Å². The molecule has 0 radical (unpaired) electrons. The monoisotopic (exact) mass is 317 g/mol. The standard InChI is InChI=1S/C13H11N5O3S/c1-14-7-4-5-8(12(20)21)18-10(7)15-13(17-18)16-11(19)9-3-2-6-22-9/h2-6,14H,1H3,(H,20,21)(H,16,17,19). The lowest BCUT2D eigenvalue weighted by atomic mass is 10.3. The van der Waals surface area contributed by atoms with E-state index >= 15 is 0 Å². The zero-order valence-electron chi connectivity index (χ0n) is 11.4. The van der Waals surface area contributed by atoms with E-state index in [2.05, 4.69) is 20.7 Å². The molecule has 0 saturated carbocycles. The van der Waals surface area contributed by atoms with Crippen LogP contribution in [0.2, 0.25) is 0 Å². The van der Waals surface area contributed by atoms with Crippen molar-refractivity contribution in [1.29, 1.82) is 0 Å². The highest BCUT2D eigenvalue weighted by Crippen LogP contribution is 2.19. The number of fused-ring (bicyclic) bond motifs is 1. The van der Waals surface area contributed by atoms with Crippen LogP contribution in [0, 0.1) is 0 Å². The lowest BCUT2D eigenvalue weighted by molar-refractivity contribution is 0.0687. The molecule has 0 fully saturated rings. The number of anilines is 2. The molecule has 0 unspecified atom stereocenters. The van der Waals surface area contributed by atoms with Gasteiger partial charge in [0.05, 0.1) is 10.6 Å². The lowest BCUT2D eigenvalue weighted by Gasteiger charge is -2.03. The summed E-state index contributed by atoms with van der Waals surface area (Å²) in [6.45, 7) is 0. The van der Waals surface area contributed by atoms with Gasteiger partial charge in [0.25, 0.3) is 5.91 Å². The minimum Gasteiger partial charge on any atom is -0.477 e. The highest BCUT2D eigenvalue weighted by molar-refractivity contribution is 7.12. The molecule has 112 valence electrons. The van der Waals surface area contributed by atoms with Gasteiger partial charge in [0.2, 0.25) is 5.95 Å².